The molecule has 0 fully saturated rings. The van der Waals surface area contributed by atoms with Crippen molar-refractivity contribution in [2.75, 3.05) is 0 Å². The van der Waals surface area contributed by atoms with Gasteiger partial charge in [-0.05, 0) is 12.8 Å². The average molecular weight is 436 g/mol. The monoisotopic (exact) mass is 435 g/mol. The van der Waals surface area contributed by atoms with Crippen molar-refractivity contribution in [2.24, 2.45) is 5.73 Å². The molecule has 1 atom stereocenters. The molecule has 0 aliphatic heterocycles. The fourth-order valence-electron chi connectivity index (χ4n) is 3.54. The number of Topliss-reactive ketones (excluding diaryl/α,β-unsaturated/α-hetero) is 1. The minimum Gasteiger partial charge on any atom is -0.548 e. The van der Waals surface area contributed by atoms with Gasteiger partial charge in [0.1, 0.15) is 5.54 Å². The van der Waals surface area contributed by atoms with Crippen LogP contribution in [0.3, 0.4) is 0 Å². The molecule has 0 radical (unpaired) electrons. The molecule has 7 heteroatoms. The van der Waals surface area contributed by atoms with Gasteiger partial charge in [0.15, 0.2) is 5.78 Å². The first-order valence-corrected chi connectivity index (χ1v) is 11.6. The molecule has 0 bridgehead atoms. The van der Waals surface area contributed by atoms with Crippen molar-refractivity contribution in [3.8, 4) is 0 Å². The second kappa shape index (κ2) is 20.5. The van der Waals surface area contributed by atoms with E-state index in [1.54, 1.807) is 0 Å². The maximum absolute atomic E-state index is 12.1. The molecule has 0 amide bonds. The molecule has 0 aromatic heterocycles. The molecule has 6 nitrogen and oxygen atoms in total. The Morgan fingerprint density at radius 3 is 1.43 bits per heavy atom. The van der Waals surface area contributed by atoms with Gasteiger partial charge in [-0.15, -0.1) is 0 Å². The topological polar surface area (TPSA) is 121 Å². The smallest absolute Gasteiger partial charge is 0.548 e. The molecule has 0 aromatic carbocycles. The molecule has 0 aromatic rings. The Labute approximate surface area is 205 Å². The van der Waals surface area contributed by atoms with Crippen LogP contribution >= 0.6 is 0 Å². The number of carboxylic acid groups (broad SMARTS) is 2. The first kappa shape index (κ1) is 31.8. The van der Waals surface area contributed by atoms with Crippen LogP contribution in [0.4, 0.5) is 0 Å². The van der Waals surface area contributed by atoms with E-state index < -0.39 is 36.1 Å². The Kier molecular flexibility index (Phi) is 21.7. The predicted octanol–water partition coefficient (Wildman–Crippen LogP) is 1.13. The SMILES string of the molecule is CCCCCCCCCCCCCCCCCC(=O)[C@](N)(CCC(=O)O)C(=O)[O-].[Na+]. The molecule has 0 unspecified atom stereocenters. The molecular formula is C23H42NNaO5. The minimum atomic E-state index is -2.19. The largest absolute Gasteiger partial charge is 1.00 e. The summed E-state index contributed by atoms with van der Waals surface area (Å²) in [5.74, 6) is -3.50. The molecule has 0 heterocycles. The summed E-state index contributed by atoms with van der Waals surface area (Å²) in [6.45, 7) is 2.24. The van der Waals surface area contributed by atoms with Crippen LogP contribution in [-0.4, -0.2) is 28.4 Å². The number of hydrogen-bond acceptors (Lipinski definition) is 5. The zero-order chi connectivity index (χ0) is 22.0. The summed E-state index contributed by atoms with van der Waals surface area (Å²) >= 11 is 0. The van der Waals surface area contributed by atoms with Crippen molar-refractivity contribution >= 4 is 17.7 Å². The average Bonchev–Trinajstić information content (AvgIpc) is 2.68. The second-order valence-electron chi connectivity index (χ2n) is 8.28. The third-order valence-corrected chi connectivity index (χ3v) is 5.60. The number of aliphatic carboxylic acids is 2. The summed E-state index contributed by atoms with van der Waals surface area (Å²) in [6.07, 6.45) is 17.3. The normalized spacial score (nSPS) is 12.7. The maximum Gasteiger partial charge on any atom is 1.00 e. The molecule has 0 spiro atoms. The van der Waals surface area contributed by atoms with E-state index in [4.69, 9.17) is 10.8 Å². The van der Waals surface area contributed by atoms with Crippen LogP contribution in [0, 0.1) is 0 Å². The van der Waals surface area contributed by atoms with E-state index in [2.05, 4.69) is 6.92 Å². The summed E-state index contributed by atoms with van der Waals surface area (Å²) < 4.78 is 0. The van der Waals surface area contributed by atoms with Gasteiger partial charge in [-0.25, -0.2) is 0 Å². The molecule has 3 N–H and O–H groups in total. The van der Waals surface area contributed by atoms with Gasteiger partial charge in [0.2, 0.25) is 0 Å². The predicted molar refractivity (Wildman–Crippen MR) is 113 cm³/mol. The molecule has 0 saturated carbocycles. The van der Waals surface area contributed by atoms with Gasteiger partial charge in [0.05, 0.1) is 5.97 Å². The number of carbonyl (C=O) groups is 3. The number of hydrogen-bond donors (Lipinski definition) is 2. The zero-order valence-electron chi connectivity index (χ0n) is 19.4. The Morgan fingerprint density at radius 2 is 1.10 bits per heavy atom. The van der Waals surface area contributed by atoms with E-state index in [1.807, 2.05) is 0 Å². The van der Waals surface area contributed by atoms with Gasteiger partial charge in [0.25, 0.3) is 0 Å². The number of carboxylic acids is 2. The number of nitrogens with two attached hydrogens (primary N) is 1. The molecule has 170 valence electrons. The van der Waals surface area contributed by atoms with Gasteiger partial charge < -0.3 is 20.7 Å². The maximum atomic E-state index is 12.1. The Hall–Kier alpha value is -0.430. The van der Waals surface area contributed by atoms with E-state index in [1.165, 1.54) is 70.6 Å². The number of unbranched alkanes of at least 4 members (excludes halogenated alkanes) is 14. The van der Waals surface area contributed by atoms with Crippen LogP contribution < -0.4 is 40.4 Å². The van der Waals surface area contributed by atoms with Crippen molar-refractivity contribution in [1.82, 2.24) is 0 Å². The van der Waals surface area contributed by atoms with Crippen LogP contribution in [0.1, 0.15) is 122 Å². The first-order valence-electron chi connectivity index (χ1n) is 11.6. The molecule has 30 heavy (non-hydrogen) atoms. The fourth-order valence-corrected chi connectivity index (χ4v) is 3.54. The Balaban J connectivity index is 0. The van der Waals surface area contributed by atoms with Crippen molar-refractivity contribution in [3.63, 3.8) is 0 Å². The van der Waals surface area contributed by atoms with Gasteiger partial charge in [0, 0.05) is 12.8 Å². The summed E-state index contributed by atoms with van der Waals surface area (Å²) in [5, 5.41) is 19.9. The van der Waals surface area contributed by atoms with Crippen molar-refractivity contribution in [2.45, 2.75) is 128 Å². The first-order chi connectivity index (χ1) is 13.8. The fraction of sp³-hybridized carbons (Fsp3) is 0.870. The van der Waals surface area contributed by atoms with Gasteiger partial charge in [-0.1, -0.05) is 96.8 Å². The van der Waals surface area contributed by atoms with Crippen LogP contribution in [-0.2, 0) is 14.4 Å². The third-order valence-electron chi connectivity index (χ3n) is 5.60. The van der Waals surface area contributed by atoms with E-state index in [9.17, 15) is 19.5 Å². The minimum absolute atomic E-state index is 0. The molecule has 0 rings (SSSR count). The van der Waals surface area contributed by atoms with E-state index in [0.29, 0.717) is 6.42 Å². The van der Waals surface area contributed by atoms with Crippen LogP contribution in [0.2, 0.25) is 0 Å². The van der Waals surface area contributed by atoms with Gasteiger partial charge in [-0.3, -0.25) is 9.59 Å². The summed E-state index contributed by atoms with van der Waals surface area (Å²) in [5.41, 5.74) is 3.43. The zero-order valence-corrected chi connectivity index (χ0v) is 21.4. The van der Waals surface area contributed by atoms with Crippen molar-refractivity contribution < 1.29 is 54.2 Å². The molecule has 0 aliphatic carbocycles. The quantitative estimate of drug-likeness (QED) is 0.158. The van der Waals surface area contributed by atoms with E-state index >= 15 is 0 Å². The third kappa shape index (κ3) is 16.3. The van der Waals surface area contributed by atoms with Crippen LogP contribution in [0.15, 0.2) is 0 Å². The van der Waals surface area contributed by atoms with Crippen LogP contribution in [0.5, 0.6) is 0 Å². The van der Waals surface area contributed by atoms with E-state index in [-0.39, 0.29) is 36.0 Å². The second-order valence-corrected chi connectivity index (χ2v) is 8.28. The Morgan fingerprint density at radius 1 is 0.733 bits per heavy atom. The standard InChI is InChI=1S/C23H43NO5.Na/c1-2-3-4-5-6-7-8-9-10-11-12-13-14-15-16-17-20(25)23(24,22(28)29)19-18-21(26)27;/h2-19,24H2,1H3,(H,26,27)(H,28,29);/q;+1/p-1/t23-;/m1./s1. The number of ketones is 1. The van der Waals surface area contributed by atoms with Crippen LogP contribution in [0.25, 0.3) is 0 Å². The number of carbonyl (C=O) groups excluding carboxylic acids is 2. The Bertz CT molecular complexity index is 473. The molecule has 0 saturated heterocycles. The van der Waals surface area contributed by atoms with E-state index in [0.717, 1.165) is 19.3 Å². The summed E-state index contributed by atoms with van der Waals surface area (Å²) in [7, 11) is 0. The molecular weight excluding hydrogens is 393 g/mol. The molecule has 0 aliphatic rings. The summed E-state index contributed by atoms with van der Waals surface area (Å²) in [6, 6.07) is 0. The van der Waals surface area contributed by atoms with Gasteiger partial charge >= 0.3 is 35.5 Å². The number of rotatable bonds is 21. The van der Waals surface area contributed by atoms with Gasteiger partial charge in [-0.2, -0.15) is 0 Å². The van der Waals surface area contributed by atoms with Crippen molar-refractivity contribution in [1.29, 1.82) is 0 Å². The summed E-state index contributed by atoms with van der Waals surface area (Å²) in [4.78, 5) is 33.9. The van der Waals surface area contributed by atoms with Crippen molar-refractivity contribution in [3.05, 3.63) is 0 Å².